The first kappa shape index (κ1) is 18.8. The molecule has 1 aliphatic carbocycles. The minimum absolute atomic E-state index is 0.0787. The van der Waals surface area contributed by atoms with Crippen LogP contribution in [0.25, 0.3) is 0 Å². The van der Waals surface area contributed by atoms with Crippen molar-refractivity contribution in [3.05, 3.63) is 32.4 Å². The molecule has 2 N–H and O–H groups in total. The Morgan fingerprint density at radius 3 is 2.73 bits per heavy atom. The smallest absolute Gasteiger partial charge is 0.341 e. The molecule has 10 heteroatoms. The predicted octanol–water partition coefficient (Wildman–Crippen LogP) is 2.85. The molecule has 2 heterocycles. The van der Waals surface area contributed by atoms with Gasteiger partial charge >= 0.3 is 5.97 Å². The van der Waals surface area contributed by atoms with Gasteiger partial charge in [-0.2, -0.15) is 5.10 Å². The van der Waals surface area contributed by atoms with E-state index in [2.05, 4.69) is 15.7 Å². The van der Waals surface area contributed by atoms with Gasteiger partial charge in [-0.15, -0.1) is 11.3 Å². The van der Waals surface area contributed by atoms with Gasteiger partial charge in [0.25, 0.3) is 5.91 Å². The van der Waals surface area contributed by atoms with Gasteiger partial charge in [-0.1, -0.05) is 11.6 Å². The average molecular weight is 413 g/mol. The summed E-state index contributed by atoms with van der Waals surface area (Å²) in [6.07, 6.45) is 2.78. The second-order valence-corrected chi connectivity index (χ2v) is 7.72. The van der Waals surface area contributed by atoms with Gasteiger partial charge in [0.05, 0.1) is 23.4 Å². The fourth-order valence-corrected chi connectivity index (χ4v) is 4.77. The lowest BCUT2D eigenvalue weighted by atomic mass is 10.1. The number of nitrogens with zero attached hydrogens (tertiary/aromatic N) is 2. The first-order valence-electron chi connectivity index (χ1n) is 7.87. The van der Waals surface area contributed by atoms with E-state index < -0.39 is 11.9 Å². The number of hydrogen-bond acceptors (Lipinski definition) is 6. The van der Waals surface area contributed by atoms with E-state index in [1.54, 1.807) is 14.0 Å². The topological polar surface area (TPSA) is 85.2 Å². The van der Waals surface area contributed by atoms with Gasteiger partial charge in [-0.05, 0) is 44.0 Å². The van der Waals surface area contributed by atoms with Crippen molar-refractivity contribution in [2.45, 2.75) is 26.2 Å². The number of hydrogen-bond donors (Lipinski definition) is 2. The fraction of sp³-hybridized carbons (Fsp3) is 0.375. The number of carbonyl (C=O) groups excluding carboxylic acids is 2. The van der Waals surface area contributed by atoms with E-state index in [0.717, 1.165) is 29.7 Å². The van der Waals surface area contributed by atoms with Crippen LogP contribution in [0.4, 0.5) is 5.00 Å². The number of nitrogens with one attached hydrogen (secondary N) is 2. The van der Waals surface area contributed by atoms with Crippen LogP contribution in [0.15, 0.2) is 0 Å². The number of esters is 1. The Hall–Kier alpha value is -1.97. The van der Waals surface area contributed by atoms with Gasteiger partial charge in [0.2, 0.25) is 0 Å². The third kappa shape index (κ3) is 3.34. The molecule has 138 valence electrons. The molecule has 0 radical (unpaired) electrons. The highest BCUT2D eigenvalue weighted by Gasteiger charge is 2.28. The van der Waals surface area contributed by atoms with E-state index in [1.165, 1.54) is 23.1 Å². The van der Waals surface area contributed by atoms with Crippen LogP contribution in [0, 0.1) is 6.92 Å². The van der Waals surface area contributed by atoms with Crippen LogP contribution in [0.3, 0.4) is 0 Å². The number of ether oxygens (including phenoxy) is 1. The normalized spacial score (nSPS) is 12.6. The summed E-state index contributed by atoms with van der Waals surface area (Å²) >= 11 is 12.8. The monoisotopic (exact) mass is 412 g/mol. The summed E-state index contributed by atoms with van der Waals surface area (Å²) in [4.78, 5) is 25.7. The fourth-order valence-electron chi connectivity index (χ4n) is 2.99. The van der Waals surface area contributed by atoms with Gasteiger partial charge in [0.1, 0.15) is 10.7 Å². The zero-order valence-electron chi connectivity index (χ0n) is 14.4. The average Bonchev–Trinajstić information content (AvgIpc) is 3.20. The highest BCUT2D eigenvalue weighted by molar-refractivity contribution is 7.80. The highest BCUT2D eigenvalue weighted by atomic mass is 35.5. The van der Waals surface area contributed by atoms with Crippen molar-refractivity contribution >= 4 is 57.1 Å². The molecule has 2 aromatic heterocycles. The van der Waals surface area contributed by atoms with Crippen LogP contribution < -0.4 is 10.6 Å². The third-order valence-corrected chi connectivity index (χ3v) is 5.99. The molecule has 1 amide bonds. The molecule has 0 saturated heterocycles. The highest BCUT2D eigenvalue weighted by Crippen LogP contribution is 2.39. The first-order chi connectivity index (χ1) is 12.3. The molecule has 3 rings (SSSR count). The molecule has 0 spiro atoms. The van der Waals surface area contributed by atoms with E-state index in [0.29, 0.717) is 16.3 Å². The number of rotatable bonds is 3. The zero-order chi connectivity index (χ0) is 19.0. The van der Waals surface area contributed by atoms with Crippen LogP contribution >= 0.6 is 35.2 Å². The number of amides is 1. The van der Waals surface area contributed by atoms with Crippen molar-refractivity contribution < 1.29 is 14.3 Å². The molecular formula is C16H17ClN4O3S2. The van der Waals surface area contributed by atoms with Crippen molar-refractivity contribution in [1.29, 1.82) is 0 Å². The maximum absolute atomic E-state index is 12.4. The lowest BCUT2D eigenvalue weighted by Crippen LogP contribution is -2.35. The Morgan fingerprint density at radius 1 is 1.38 bits per heavy atom. The molecule has 0 saturated carbocycles. The van der Waals surface area contributed by atoms with Crippen LogP contribution in [0.5, 0.6) is 0 Å². The third-order valence-electron chi connectivity index (χ3n) is 4.13. The van der Waals surface area contributed by atoms with E-state index in [-0.39, 0.29) is 15.8 Å². The lowest BCUT2D eigenvalue weighted by Gasteiger charge is -2.10. The van der Waals surface area contributed by atoms with Gasteiger partial charge in [-0.25, -0.2) is 4.79 Å². The molecule has 0 unspecified atom stereocenters. The van der Waals surface area contributed by atoms with Crippen LogP contribution in [-0.2, 0) is 24.6 Å². The second kappa shape index (κ2) is 7.34. The van der Waals surface area contributed by atoms with E-state index >= 15 is 0 Å². The van der Waals surface area contributed by atoms with Gasteiger partial charge in [0, 0.05) is 11.9 Å². The molecule has 0 aliphatic heterocycles. The summed E-state index contributed by atoms with van der Waals surface area (Å²) in [5.74, 6) is -0.884. The maximum atomic E-state index is 12.4. The van der Waals surface area contributed by atoms with Crippen LogP contribution in [0.2, 0.25) is 5.02 Å². The van der Waals surface area contributed by atoms with E-state index in [9.17, 15) is 9.59 Å². The van der Waals surface area contributed by atoms with Crippen LogP contribution in [-0.4, -0.2) is 33.9 Å². The Kier molecular flexibility index (Phi) is 5.31. The van der Waals surface area contributed by atoms with Crippen molar-refractivity contribution in [2.75, 3.05) is 12.4 Å². The lowest BCUT2D eigenvalue weighted by molar-refractivity contribution is 0.0601. The summed E-state index contributed by atoms with van der Waals surface area (Å²) in [5, 5.41) is 10.6. The van der Waals surface area contributed by atoms with Crippen molar-refractivity contribution in [3.63, 3.8) is 0 Å². The summed E-state index contributed by atoms with van der Waals surface area (Å²) in [6, 6.07) is 0. The number of thiophene rings is 1. The number of thiocarbonyl (C=S) groups is 1. The van der Waals surface area contributed by atoms with Crippen molar-refractivity contribution in [1.82, 2.24) is 15.1 Å². The van der Waals surface area contributed by atoms with Crippen molar-refractivity contribution in [2.24, 2.45) is 7.05 Å². The number of aryl methyl sites for hydroxylation is 3. The SMILES string of the molecule is COC(=O)c1c(NC(=S)NC(=O)c2c(Cl)c(C)nn2C)sc2c1CCC2. The molecule has 26 heavy (non-hydrogen) atoms. The Morgan fingerprint density at radius 2 is 2.12 bits per heavy atom. The standard InChI is InChI=1S/C16H17ClN4O3S2/c1-7-11(17)12(21(2)20-7)13(22)18-16(25)19-14-10(15(23)24-3)8-5-4-6-9(8)26-14/h4-6H2,1-3H3,(H2,18,19,22,25). The number of halogens is 1. The second-order valence-electron chi connectivity index (χ2n) is 5.83. The Labute approximate surface area is 164 Å². The summed E-state index contributed by atoms with van der Waals surface area (Å²) in [6.45, 7) is 1.71. The molecule has 0 aromatic carbocycles. The molecule has 7 nitrogen and oxygen atoms in total. The number of methoxy groups -OCH3 is 1. The largest absolute Gasteiger partial charge is 0.465 e. The predicted molar refractivity (Wildman–Crippen MR) is 104 cm³/mol. The molecule has 0 bridgehead atoms. The number of aromatic nitrogens is 2. The summed E-state index contributed by atoms with van der Waals surface area (Å²) in [5.41, 5.74) is 2.27. The number of carbonyl (C=O) groups is 2. The Bertz CT molecular complexity index is 919. The molecule has 0 atom stereocenters. The van der Waals surface area contributed by atoms with Gasteiger partial charge in [-0.3, -0.25) is 14.8 Å². The minimum Gasteiger partial charge on any atom is -0.465 e. The summed E-state index contributed by atoms with van der Waals surface area (Å²) < 4.78 is 6.29. The number of fused-ring (bicyclic) bond motifs is 1. The van der Waals surface area contributed by atoms with E-state index in [4.69, 9.17) is 28.6 Å². The maximum Gasteiger partial charge on any atom is 0.341 e. The summed E-state index contributed by atoms with van der Waals surface area (Å²) in [7, 11) is 2.97. The molecule has 2 aromatic rings. The first-order valence-corrected chi connectivity index (χ1v) is 9.48. The number of anilines is 1. The van der Waals surface area contributed by atoms with Crippen LogP contribution in [0.1, 0.15) is 43.4 Å². The minimum atomic E-state index is -0.473. The quantitative estimate of drug-likeness (QED) is 0.595. The Balaban J connectivity index is 1.79. The van der Waals surface area contributed by atoms with E-state index in [1.807, 2.05) is 0 Å². The van der Waals surface area contributed by atoms with Crippen molar-refractivity contribution in [3.8, 4) is 0 Å². The zero-order valence-corrected chi connectivity index (χ0v) is 16.8. The van der Waals surface area contributed by atoms with Gasteiger partial charge in [0.15, 0.2) is 5.11 Å². The molecule has 1 aliphatic rings. The van der Waals surface area contributed by atoms with Gasteiger partial charge < -0.3 is 10.1 Å². The molecular weight excluding hydrogens is 396 g/mol. The molecule has 0 fully saturated rings.